The number of carbonyl (C=O) groups excluding carboxylic acids is 2. The molecule has 1 aliphatic rings. The van der Waals surface area contributed by atoms with Gasteiger partial charge in [0.15, 0.2) is 0 Å². The molecule has 1 N–H and O–H groups in total. The van der Waals surface area contributed by atoms with E-state index in [9.17, 15) is 9.59 Å². The molecule has 4 rings (SSSR count). The zero-order valence-electron chi connectivity index (χ0n) is 16.5. The van der Waals surface area contributed by atoms with Crippen molar-refractivity contribution in [2.24, 2.45) is 0 Å². The highest BCUT2D eigenvalue weighted by molar-refractivity contribution is 6.25. The number of amides is 2. The van der Waals surface area contributed by atoms with Crippen LogP contribution in [0.5, 0.6) is 5.75 Å². The van der Waals surface area contributed by atoms with Crippen LogP contribution in [0.4, 0.5) is 5.69 Å². The molecule has 5 heteroatoms. The van der Waals surface area contributed by atoms with Crippen molar-refractivity contribution in [1.29, 1.82) is 0 Å². The molecule has 0 saturated heterocycles. The minimum absolute atomic E-state index is 0.0174. The van der Waals surface area contributed by atoms with Crippen LogP contribution >= 0.6 is 0 Å². The molecule has 0 aliphatic carbocycles. The molecule has 1 heterocycles. The maximum atomic E-state index is 12.7. The molecule has 148 valence electrons. The lowest BCUT2D eigenvalue weighted by Gasteiger charge is -2.17. The summed E-state index contributed by atoms with van der Waals surface area (Å²) in [6.07, 6.45) is 0.987. The second-order valence-corrected chi connectivity index (χ2v) is 7.26. The standard InChI is InChI=1S/C24H24N2O3/c1-17-6-2-9-19(16-17)29-15-13-25-22(27)12-5-14-26-21-11-4-8-18-7-3-10-20(23(18)21)24(26)28/h2-4,6-11,16H,5,12-15H2,1H3,(H,25,27). The second-order valence-electron chi connectivity index (χ2n) is 7.26. The number of hydrogen-bond donors (Lipinski definition) is 1. The van der Waals surface area contributed by atoms with Gasteiger partial charge in [-0.3, -0.25) is 9.59 Å². The van der Waals surface area contributed by atoms with Crippen LogP contribution in [-0.4, -0.2) is 31.5 Å². The molecule has 0 saturated carbocycles. The lowest BCUT2D eigenvalue weighted by Crippen LogP contribution is -2.31. The molecule has 2 amide bonds. The number of aryl methyl sites for hydroxylation is 1. The van der Waals surface area contributed by atoms with Gasteiger partial charge in [-0.15, -0.1) is 0 Å². The predicted octanol–water partition coefficient (Wildman–Crippen LogP) is 4.08. The average Bonchev–Trinajstić information content (AvgIpc) is 2.99. The van der Waals surface area contributed by atoms with Crippen LogP contribution in [0.3, 0.4) is 0 Å². The number of benzene rings is 3. The number of hydrogen-bond acceptors (Lipinski definition) is 3. The second kappa shape index (κ2) is 8.35. The first-order valence-electron chi connectivity index (χ1n) is 9.93. The van der Waals surface area contributed by atoms with E-state index < -0.39 is 0 Å². The summed E-state index contributed by atoms with van der Waals surface area (Å²) >= 11 is 0. The van der Waals surface area contributed by atoms with Gasteiger partial charge < -0.3 is 15.0 Å². The molecular formula is C24H24N2O3. The Morgan fingerprint density at radius 2 is 1.86 bits per heavy atom. The monoisotopic (exact) mass is 388 g/mol. The highest BCUT2D eigenvalue weighted by Gasteiger charge is 2.28. The van der Waals surface area contributed by atoms with Gasteiger partial charge in [0.1, 0.15) is 12.4 Å². The minimum atomic E-state index is -0.0276. The molecule has 3 aromatic carbocycles. The Bertz CT molecular complexity index is 1060. The first-order chi connectivity index (χ1) is 14.1. The summed E-state index contributed by atoms with van der Waals surface area (Å²) in [6, 6.07) is 19.6. The van der Waals surface area contributed by atoms with Gasteiger partial charge in [0.05, 0.1) is 12.2 Å². The topological polar surface area (TPSA) is 58.6 Å². The molecule has 0 atom stereocenters. The van der Waals surface area contributed by atoms with Crippen molar-refractivity contribution in [3.05, 3.63) is 71.8 Å². The van der Waals surface area contributed by atoms with Crippen molar-refractivity contribution in [1.82, 2.24) is 5.32 Å². The van der Waals surface area contributed by atoms with E-state index in [1.54, 1.807) is 4.90 Å². The van der Waals surface area contributed by atoms with Crippen molar-refractivity contribution in [2.75, 3.05) is 24.6 Å². The molecule has 0 bridgehead atoms. The van der Waals surface area contributed by atoms with Gasteiger partial charge in [0.25, 0.3) is 5.91 Å². The summed E-state index contributed by atoms with van der Waals surface area (Å²) in [5.74, 6) is 0.796. The van der Waals surface area contributed by atoms with E-state index in [-0.39, 0.29) is 11.8 Å². The number of ether oxygens (including phenoxy) is 1. The largest absolute Gasteiger partial charge is 0.492 e. The van der Waals surface area contributed by atoms with Gasteiger partial charge in [-0.05, 0) is 48.6 Å². The summed E-state index contributed by atoms with van der Waals surface area (Å²) < 4.78 is 5.64. The lowest BCUT2D eigenvalue weighted by atomic mass is 10.1. The van der Waals surface area contributed by atoms with E-state index in [4.69, 9.17) is 4.74 Å². The lowest BCUT2D eigenvalue weighted by molar-refractivity contribution is -0.121. The smallest absolute Gasteiger partial charge is 0.258 e. The van der Waals surface area contributed by atoms with Gasteiger partial charge in [-0.2, -0.15) is 0 Å². The van der Waals surface area contributed by atoms with Crippen LogP contribution in [0.15, 0.2) is 60.7 Å². The van der Waals surface area contributed by atoms with Crippen molar-refractivity contribution in [2.45, 2.75) is 19.8 Å². The first kappa shape index (κ1) is 19.0. The fraction of sp³-hybridized carbons (Fsp3) is 0.250. The zero-order chi connectivity index (χ0) is 20.2. The van der Waals surface area contributed by atoms with Crippen LogP contribution in [-0.2, 0) is 4.79 Å². The van der Waals surface area contributed by atoms with E-state index in [0.717, 1.165) is 33.3 Å². The number of nitrogens with one attached hydrogen (secondary N) is 1. The molecule has 0 spiro atoms. The van der Waals surface area contributed by atoms with Gasteiger partial charge in [-0.1, -0.05) is 36.4 Å². The summed E-state index contributed by atoms with van der Waals surface area (Å²) in [7, 11) is 0. The Morgan fingerprint density at radius 3 is 2.69 bits per heavy atom. The van der Waals surface area contributed by atoms with Crippen LogP contribution in [0.2, 0.25) is 0 Å². The third-order valence-corrected chi connectivity index (χ3v) is 5.12. The fourth-order valence-electron chi connectivity index (χ4n) is 3.75. The van der Waals surface area contributed by atoms with Crippen LogP contribution in [0.1, 0.15) is 28.8 Å². The normalized spacial score (nSPS) is 12.4. The summed E-state index contributed by atoms with van der Waals surface area (Å²) in [4.78, 5) is 26.6. The van der Waals surface area contributed by atoms with E-state index >= 15 is 0 Å². The molecular weight excluding hydrogens is 364 g/mol. The summed E-state index contributed by atoms with van der Waals surface area (Å²) in [5, 5.41) is 4.96. The molecule has 0 unspecified atom stereocenters. The third-order valence-electron chi connectivity index (χ3n) is 5.12. The van der Waals surface area contributed by atoms with Crippen molar-refractivity contribution < 1.29 is 14.3 Å². The van der Waals surface area contributed by atoms with Crippen LogP contribution in [0, 0.1) is 6.92 Å². The average molecular weight is 388 g/mol. The molecule has 0 aromatic heterocycles. The van der Waals surface area contributed by atoms with Crippen molar-refractivity contribution in [3.63, 3.8) is 0 Å². The number of carbonyl (C=O) groups is 2. The van der Waals surface area contributed by atoms with Gasteiger partial charge >= 0.3 is 0 Å². The van der Waals surface area contributed by atoms with E-state index in [2.05, 4.69) is 5.32 Å². The molecule has 1 aliphatic heterocycles. The SMILES string of the molecule is Cc1cccc(OCCNC(=O)CCCN2C(=O)c3cccc4cccc2c34)c1. The van der Waals surface area contributed by atoms with Crippen LogP contribution in [0.25, 0.3) is 10.8 Å². The highest BCUT2D eigenvalue weighted by Crippen LogP contribution is 2.37. The third kappa shape index (κ3) is 4.09. The van der Waals surface area contributed by atoms with Gasteiger partial charge in [0.2, 0.25) is 5.91 Å². The zero-order valence-corrected chi connectivity index (χ0v) is 16.5. The predicted molar refractivity (Wildman–Crippen MR) is 115 cm³/mol. The number of rotatable bonds is 8. The summed E-state index contributed by atoms with van der Waals surface area (Å²) in [5.41, 5.74) is 2.83. The van der Waals surface area contributed by atoms with E-state index in [1.807, 2.05) is 67.6 Å². The molecule has 3 aromatic rings. The maximum Gasteiger partial charge on any atom is 0.258 e. The Balaban J connectivity index is 1.23. The van der Waals surface area contributed by atoms with Crippen LogP contribution < -0.4 is 15.0 Å². The van der Waals surface area contributed by atoms with Gasteiger partial charge in [0, 0.05) is 23.9 Å². The molecule has 5 nitrogen and oxygen atoms in total. The molecule has 29 heavy (non-hydrogen) atoms. The first-order valence-corrected chi connectivity index (χ1v) is 9.93. The summed E-state index contributed by atoms with van der Waals surface area (Å²) in [6.45, 7) is 3.43. The Morgan fingerprint density at radius 1 is 1.07 bits per heavy atom. The highest BCUT2D eigenvalue weighted by atomic mass is 16.5. The quantitative estimate of drug-likeness (QED) is 0.592. The Hall–Kier alpha value is -3.34. The Labute approximate surface area is 170 Å². The Kier molecular flexibility index (Phi) is 5.47. The minimum Gasteiger partial charge on any atom is -0.492 e. The molecule has 0 radical (unpaired) electrons. The number of nitrogens with zero attached hydrogens (tertiary/aromatic N) is 1. The van der Waals surface area contributed by atoms with Crippen molar-refractivity contribution >= 4 is 28.3 Å². The van der Waals surface area contributed by atoms with Gasteiger partial charge in [-0.25, -0.2) is 0 Å². The maximum absolute atomic E-state index is 12.7. The van der Waals surface area contributed by atoms with Crippen molar-refractivity contribution in [3.8, 4) is 5.75 Å². The van der Waals surface area contributed by atoms with E-state index in [1.165, 1.54) is 0 Å². The fourth-order valence-corrected chi connectivity index (χ4v) is 3.75. The number of anilines is 1. The molecule has 0 fully saturated rings. The van der Waals surface area contributed by atoms with E-state index in [0.29, 0.717) is 32.5 Å².